The lowest BCUT2D eigenvalue weighted by atomic mass is 10.1. The highest BCUT2D eigenvalue weighted by molar-refractivity contribution is 6.10. The Morgan fingerprint density at radius 2 is 1.90 bits per heavy atom. The molecule has 31 heavy (non-hydrogen) atoms. The van der Waals surface area contributed by atoms with Crippen LogP contribution < -0.4 is 10.1 Å². The van der Waals surface area contributed by atoms with Crippen LogP contribution in [0.3, 0.4) is 0 Å². The molecule has 0 heterocycles. The fourth-order valence-electron chi connectivity index (χ4n) is 2.84. The maximum Gasteiger partial charge on any atom is 0.269 e. The van der Waals surface area contributed by atoms with E-state index in [1.807, 2.05) is 36.4 Å². The zero-order valence-corrected chi connectivity index (χ0v) is 16.7. The molecule has 0 aliphatic rings. The number of hydrogen-bond donors (Lipinski definition) is 1. The largest absolute Gasteiger partial charge is 0.489 e. The summed E-state index contributed by atoms with van der Waals surface area (Å²) in [5.74, 6) is 0.0107. The number of rotatable bonds is 7. The van der Waals surface area contributed by atoms with Crippen LogP contribution in [0.15, 0.2) is 78.4 Å². The minimum Gasteiger partial charge on any atom is -0.489 e. The number of anilines is 1. The van der Waals surface area contributed by atoms with E-state index in [0.717, 1.165) is 5.56 Å². The number of non-ortho nitro benzene ring substituents is 1. The van der Waals surface area contributed by atoms with E-state index in [1.54, 1.807) is 31.2 Å². The first kappa shape index (κ1) is 21.3. The predicted octanol–water partition coefficient (Wildman–Crippen LogP) is 5.03. The van der Waals surface area contributed by atoms with Crippen LogP contribution in [-0.4, -0.2) is 10.8 Å². The normalized spacial score (nSPS) is 10.8. The summed E-state index contributed by atoms with van der Waals surface area (Å²) in [5.41, 5.74) is 2.42. The second-order valence-electron chi connectivity index (χ2n) is 6.73. The first-order chi connectivity index (χ1) is 15.0. The summed E-state index contributed by atoms with van der Waals surface area (Å²) in [6.07, 6.45) is 1.46. The van der Waals surface area contributed by atoms with Crippen molar-refractivity contribution in [1.29, 1.82) is 5.26 Å². The van der Waals surface area contributed by atoms with Crippen molar-refractivity contribution in [2.75, 3.05) is 5.32 Å². The molecule has 3 aromatic carbocycles. The Kier molecular flexibility index (Phi) is 6.76. The van der Waals surface area contributed by atoms with Crippen molar-refractivity contribution in [3.05, 3.63) is 105 Å². The molecule has 0 fully saturated rings. The maximum atomic E-state index is 12.5. The number of benzene rings is 3. The van der Waals surface area contributed by atoms with Gasteiger partial charge in [0.05, 0.1) is 4.92 Å². The van der Waals surface area contributed by atoms with Gasteiger partial charge in [-0.1, -0.05) is 42.5 Å². The molecule has 0 unspecified atom stereocenters. The molecule has 0 aliphatic carbocycles. The summed E-state index contributed by atoms with van der Waals surface area (Å²) < 4.78 is 5.78. The van der Waals surface area contributed by atoms with E-state index in [0.29, 0.717) is 29.2 Å². The fourth-order valence-corrected chi connectivity index (χ4v) is 2.84. The summed E-state index contributed by atoms with van der Waals surface area (Å²) in [6.45, 7) is 2.05. The van der Waals surface area contributed by atoms with Crippen LogP contribution in [-0.2, 0) is 11.4 Å². The van der Waals surface area contributed by atoms with Crippen molar-refractivity contribution < 1.29 is 14.5 Å². The molecule has 7 heteroatoms. The second-order valence-corrected chi connectivity index (χ2v) is 6.73. The van der Waals surface area contributed by atoms with E-state index in [-0.39, 0.29) is 11.3 Å². The number of carbonyl (C=O) groups is 1. The molecule has 154 valence electrons. The minimum atomic E-state index is -0.602. The van der Waals surface area contributed by atoms with Gasteiger partial charge in [0.25, 0.3) is 11.6 Å². The van der Waals surface area contributed by atoms with Gasteiger partial charge in [0, 0.05) is 17.8 Å². The number of amides is 1. The van der Waals surface area contributed by atoms with E-state index in [2.05, 4.69) is 5.32 Å². The fraction of sp³-hybridized carbons (Fsp3) is 0.0833. The molecule has 1 amide bonds. The molecule has 0 aliphatic heterocycles. The van der Waals surface area contributed by atoms with E-state index in [9.17, 15) is 20.2 Å². The molecule has 0 aromatic heterocycles. The van der Waals surface area contributed by atoms with Gasteiger partial charge in [-0.15, -0.1) is 0 Å². The second kappa shape index (κ2) is 9.85. The molecule has 1 N–H and O–H groups in total. The van der Waals surface area contributed by atoms with Crippen LogP contribution >= 0.6 is 0 Å². The lowest BCUT2D eigenvalue weighted by Crippen LogP contribution is -2.14. The standard InChI is InChI=1S/C24H19N3O4/c1-17-12-21(27(29)30)10-11-23(17)26-24(28)20(15-25)13-19-8-5-9-22(14-19)31-16-18-6-3-2-4-7-18/h2-14H,16H2,1H3,(H,26,28). The van der Waals surface area contributed by atoms with Gasteiger partial charge in [0.1, 0.15) is 24.0 Å². The molecule has 0 bridgehead atoms. The topological polar surface area (TPSA) is 105 Å². The van der Waals surface area contributed by atoms with Gasteiger partial charge in [0.2, 0.25) is 0 Å². The molecule has 0 saturated carbocycles. The van der Waals surface area contributed by atoms with Crippen LogP contribution in [0.1, 0.15) is 16.7 Å². The summed E-state index contributed by atoms with van der Waals surface area (Å²) in [5, 5.41) is 22.9. The van der Waals surface area contributed by atoms with Gasteiger partial charge in [-0.2, -0.15) is 5.26 Å². The number of nitrogens with one attached hydrogen (secondary N) is 1. The monoisotopic (exact) mass is 413 g/mol. The number of carbonyl (C=O) groups excluding carboxylic acids is 1. The van der Waals surface area contributed by atoms with E-state index in [4.69, 9.17) is 4.74 Å². The minimum absolute atomic E-state index is 0.0705. The summed E-state index contributed by atoms with van der Waals surface area (Å²) >= 11 is 0. The lowest BCUT2D eigenvalue weighted by molar-refractivity contribution is -0.384. The van der Waals surface area contributed by atoms with Gasteiger partial charge in [-0.25, -0.2) is 0 Å². The first-order valence-corrected chi connectivity index (χ1v) is 9.41. The summed E-state index contributed by atoms with van der Waals surface area (Å²) in [6, 6.07) is 22.8. The first-order valence-electron chi connectivity index (χ1n) is 9.41. The van der Waals surface area contributed by atoms with Gasteiger partial charge in [-0.3, -0.25) is 14.9 Å². The molecule has 3 rings (SSSR count). The van der Waals surface area contributed by atoms with E-state index < -0.39 is 10.8 Å². The van der Waals surface area contributed by atoms with Crippen LogP contribution in [0.25, 0.3) is 6.08 Å². The third-order valence-electron chi connectivity index (χ3n) is 4.45. The molecule has 7 nitrogen and oxygen atoms in total. The highest BCUT2D eigenvalue weighted by Gasteiger charge is 2.13. The Hall–Kier alpha value is -4.44. The van der Waals surface area contributed by atoms with Crippen molar-refractivity contribution >= 4 is 23.4 Å². The number of nitrogens with zero attached hydrogens (tertiary/aromatic N) is 2. The number of nitro groups is 1. The smallest absolute Gasteiger partial charge is 0.269 e. The van der Waals surface area contributed by atoms with Gasteiger partial charge < -0.3 is 10.1 Å². The van der Waals surface area contributed by atoms with E-state index >= 15 is 0 Å². The Bertz CT molecular complexity index is 1180. The average molecular weight is 413 g/mol. The van der Waals surface area contributed by atoms with Crippen molar-refractivity contribution in [3.63, 3.8) is 0 Å². The van der Waals surface area contributed by atoms with Crippen molar-refractivity contribution in [3.8, 4) is 11.8 Å². The van der Waals surface area contributed by atoms with Crippen LogP contribution in [0.5, 0.6) is 5.75 Å². The number of aryl methyl sites for hydroxylation is 1. The molecular weight excluding hydrogens is 394 g/mol. The third-order valence-corrected chi connectivity index (χ3v) is 4.45. The van der Waals surface area contributed by atoms with E-state index in [1.165, 1.54) is 24.3 Å². The maximum absolute atomic E-state index is 12.5. The number of hydrogen-bond acceptors (Lipinski definition) is 5. The molecule has 3 aromatic rings. The van der Waals surface area contributed by atoms with Gasteiger partial charge in [-0.05, 0) is 47.9 Å². The third kappa shape index (κ3) is 5.78. The van der Waals surface area contributed by atoms with Gasteiger partial charge in [0.15, 0.2) is 0 Å². The number of nitro benzene ring substituents is 1. The Morgan fingerprint density at radius 1 is 1.13 bits per heavy atom. The van der Waals surface area contributed by atoms with Crippen LogP contribution in [0.2, 0.25) is 0 Å². The molecule has 0 radical (unpaired) electrons. The Balaban J connectivity index is 1.73. The van der Waals surface area contributed by atoms with Crippen LogP contribution in [0.4, 0.5) is 11.4 Å². The highest BCUT2D eigenvalue weighted by Crippen LogP contribution is 2.22. The van der Waals surface area contributed by atoms with Crippen molar-refractivity contribution in [2.24, 2.45) is 0 Å². The highest BCUT2D eigenvalue weighted by atomic mass is 16.6. The quantitative estimate of drug-likeness (QED) is 0.253. The van der Waals surface area contributed by atoms with Crippen molar-refractivity contribution in [2.45, 2.75) is 13.5 Å². The lowest BCUT2D eigenvalue weighted by Gasteiger charge is -2.08. The molecular formula is C24H19N3O4. The predicted molar refractivity (Wildman–Crippen MR) is 117 cm³/mol. The zero-order valence-electron chi connectivity index (χ0n) is 16.7. The van der Waals surface area contributed by atoms with Crippen molar-refractivity contribution in [1.82, 2.24) is 0 Å². The summed E-state index contributed by atoms with van der Waals surface area (Å²) in [4.78, 5) is 22.9. The average Bonchev–Trinajstić information content (AvgIpc) is 2.78. The molecule has 0 saturated heterocycles. The SMILES string of the molecule is Cc1cc([N+](=O)[O-])ccc1NC(=O)C(C#N)=Cc1cccc(OCc2ccccc2)c1. The van der Waals surface area contributed by atoms with Gasteiger partial charge >= 0.3 is 0 Å². The van der Waals surface area contributed by atoms with Crippen LogP contribution in [0, 0.1) is 28.4 Å². The Morgan fingerprint density at radius 3 is 2.58 bits per heavy atom. The zero-order chi connectivity index (χ0) is 22.2. The molecule has 0 spiro atoms. The number of ether oxygens (including phenoxy) is 1. The summed E-state index contributed by atoms with van der Waals surface area (Å²) in [7, 11) is 0. The Labute approximate surface area is 179 Å². The molecule has 0 atom stereocenters. The number of nitriles is 1.